The van der Waals surface area contributed by atoms with Crippen LogP contribution in [0.25, 0.3) is 0 Å². The fraction of sp³-hybridized carbons (Fsp3) is 1.00. The largest absolute Gasteiger partial charge is 0.394 e. The van der Waals surface area contributed by atoms with Crippen molar-refractivity contribution < 1.29 is 25.2 Å². The lowest BCUT2D eigenvalue weighted by molar-refractivity contribution is -0.0786. The molecule has 1 saturated heterocycles. The van der Waals surface area contributed by atoms with Gasteiger partial charge in [-0.25, -0.2) is 0 Å². The van der Waals surface area contributed by atoms with Crippen LogP contribution in [-0.4, -0.2) is 57.6 Å². The van der Waals surface area contributed by atoms with E-state index in [0.717, 1.165) is 0 Å². The second-order valence-electron chi connectivity index (χ2n) is 3.04. The molecule has 1 fully saturated rings. The van der Waals surface area contributed by atoms with E-state index in [2.05, 4.69) is 0 Å². The molecule has 5 heteroatoms. The maximum absolute atomic E-state index is 9.28. The minimum Gasteiger partial charge on any atom is -0.394 e. The lowest BCUT2D eigenvalue weighted by atomic mass is 10.1. The Balaban J connectivity index is 2.58. The molecule has 0 saturated carbocycles. The van der Waals surface area contributed by atoms with Crippen LogP contribution < -0.4 is 0 Å². The van der Waals surface area contributed by atoms with E-state index in [1.54, 1.807) is 6.92 Å². The minimum atomic E-state index is -1.14. The zero-order valence-electron chi connectivity index (χ0n) is 6.79. The first-order valence-electron chi connectivity index (χ1n) is 3.88. The second-order valence-corrected chi connectivity index (χ2v) is 3.04. The number of rotatable bonds is 2. The van der Waals surface area contributed by atoms with Gasteiger partial charge in [0.1, 0.15) is 24.4 Å². The molecule has 0 radical (unpaired) electrons. The minimum absolute atomic E-state index is 0.485. The van der Waals surface area contributed by atoms with Crippen molar-refractivity contribution in [3.63, 3.8) is 0 Å². The van der Waals surface area contributed by atoms with Crippen molar-refractivity contribution in [1.29, 1.82) is 0 Å². The Labute approximate surface area is 70.2 Å². The number of hydrogen-bond donors (Lipinski definition) is 4. The smallest absolute Gasteiger partial charge is 0.115 e. The first-order valence-corrected chi connectivity index (χ1v) is 3.88. The summed E-state index contributed by atoms with van der Waals surface area (Å²) in [4.78, 5) is 0. The third-order valence-corrected chi connectivity index (χ3v) is 2.11. The molecule has 72 valence electrons. The van der Waals surface area contributed by atoms with E-state index in [1.807, 2.05) is 0 Å². The summed E-state index contributed by atoms with van der Waals surface area (Å²) in [7, 11) is 0. The topological polar surface area (TPSA) is 90.2 Å². The van der Waals surface area contributed by atoms with Gasteiger partial charge in [0.05, 0.1) is 12.7 Å². The third kappa shape index (κ3) is 1.60. The third-order valence-electron chi connectivity index (χ3n) is 2.11. The molecule has 12 heavy (non-hydrogen) atoms. The van der Waals surface area contributed by atoms with E-state index in [9.17, 15) is 10.2 Å². The molecule has 0 aromatic rings. The first-order chi connectivity index (χ1) is 5.57. The van der Waals surface area contributed by atoms with Gasteiger partial charge in [0.15, 0.2) is 0 Å². The summed E-state index contributed by atoms with van der Waals surface area (Å²) < 4.78 is 5.03. The summed E-state index contributed by atoms with van der Waals surface area (Å²) in [6.45, 7) is 1.11. The van der Waals surface area contributed by atoms with Crippen molar-refractivity contribution in [3.05, 3.63) is 0 Å². The summed E-state index contributed by atoms with van der Waals surface area (Å²) in [5.74, 6) is 0. The fourth-order valence-electron chi connectivity index (χ4n) is 1.30. The molecular weight excluding hydrogens is 164 g/mol. The zero-order chi connectivity index (χ0) is 9.30. The monoisotopic (exact) mass is 178 g/mol. The highest BCUT2D eigenvalue weighted by molar-refractivity contribution is 4.91. The van der Waals surface area contributed by atoms with Gasteiger partial charge in [0, 0.05) is 0 Å². The van der Waals surface area contributed by atoms with Crippen molar-refractivity contribution in [2.45, 2.75) is 37.4 Å². The molecule has 1 heterocycles. The van der Waals surface area contributed by atoms with Crippen LogP contribution in [0.4, 0.5) is 0 Å². The lowest BCUT2D eigenvalue weighted by Gasteiger charge is -2.18. The molecule has 0 aromatic carbocycles. The van der Waals surface area contributed by atoms with E-state index < -0.39 is 37.1 Å². The zero-order valence-corrected chi connectivity index (χ0v) is 6.79. The van der Waals surface area contributed by atoms with Crippen LogP contribution in [-0.2, 0) is 4.74 Å². The van der Waals surface area contributed by atoms with Crippen LogP contribution in [0.3, 0.4) is 0 Å². The summed E-state index contributed by atoms with van der Waals surface area (Å²) in [5, 5.41) is 36.2. The molecule has 4 N–H and O–H groups in total. The summed E-state index contributed by atoms with van der Waals surface area (Å²) in [6.07, 6.45) is -4.65. The maximum Gasteiger partial charge on any atom is 0.115 e. The number of ether oxygens (including phenoxy) is 1. The van der Waals surface area contributed by atoms with Crippen LogP contribution in [0.5, 0.6) is 0 Å². The Morgan fingerprint density at radius 1 is 1.33 bits per heavy atom. The molecule has 0 aromatic heterocycles. The standard InChI is InChI=1S/C7H14O5/c1-3-5(10)6(11)7(12-3)4(9)2-8/h3-11H,2H2,1H3/t3-,4+,5-,6+,7-/m0/s1. The fourth-order valence-corrected chi connectivity index (χ4v) is 1.30. The van der Waals surface area contributed by atoms with Crippen molar-refractivity contribution in [1.82, 2.24) is 0 Å². The highest BCUT2D eigenvalue weighted by atomic mass is 16.6. The van der Waals surface area contributed by atoms with Crippen molar-refractivity contribution in [2.24, 2.45) is 0 Å². The summed E-state index contributed by atoms with van der Waals surface area (Å²) in [5.41, 5.74) is 0. The summed E-state index contributed by atoms with van der Waals surface area (Å²) in [6, 6.07) is 0. The molecule has 1 aliphatic rings. The Morgan fingerprint density at radius 3 is 2.25 bits per heavy atom. The number of aliphatic hydroxyl groups is 4. The van der Waals surface area contributed by atoms with Crippen LogP contribution in [0.15, 0.2) is 0 Å². The molecule has 0 spiro atoms. The van der Waals surface area contributed by atoms with Crippen molar-refractivity contribution in [3.8, 4) is 0 Å². The van der Waals surface area contributed by atoms with Crippen molar-refractivity contribution in [2.75, 3.05) is 6.61 Å². The van der Waals surface area contributed by atoms with E-state index in [4.69, 9.17) is 14.9 Å². The van der Waals surface area contributed by atoms with Gasteiger partial charge in [-0.2, -0.15) is 0 Å². The predicted molar refractivity (Wildman–Crippen MR) is 39.4 cm³/mol. The quantitative estimate of drug-likeness (QED) is 0.387. The number of aliphatic hydroxyl groups excluding tert-OH is 4. The Morgan fingerprint density at radius 2 is 1.92 bits per heavy atom. The summed E-state index contributed by atoms with van der Waals surface area (Å²) >= 11 is 0. The number of hydrogen-bond acceptors (Lipinski definition) is 5. The molecular formula is C7H14O5. The molecule has 5 nitrogen and oxygen atoms in total. The molecule has 0 bridgehead atoms. The van der Waals surface area contributed by atoms with E-state index >= 15 is 0 Å². The van der Waals surface area contributed by atoms with Gasteiger partial charge >= 0.3 is 0 Å². The molecule has 0 amide bonds. The highest BCUT2D eigenvalue weighted by Crippen LogP contribution is 2.22. The molecule has 5 atom stereocenters. The van der Waals surface area contributed by atoms with Crippen LogP contribution in [0, 0.1) is 0 Å². The predicted octanol–water partition coefficient (Wildman–Crippen LogP) is -2.15. The van der Waals surface area contributed by atoms with Gasteiger partial charge in [-0.1, -0.05) is 0 Å². The van der Waals surface area contributed by atoms with Crippen molar-refractivity contribution >= 4 is 0 Å². The highest BCUT2D eigenvalue weighted by Gasteiger charge is 2.43. The first kappa shape index (κ1) is 9.88. The van der Waals surface area contributed by atoms with Gasteiger partial charge in [0.25, 0.3) is 0 Å². The Bertz CT molecular complexity index is 151. The molecule has 0 unspecified atom stereocenters. The van der Waals surface area contributed by atoms with E-state index in [1.165, 1.54) is 0 Å². The van der Waals surface area contributed by atoms with Gasteiger partial charge in [-0.15, -0.1) is 0 Å². The molecule has 1 rings (SSSR count). The SMILES string of the molecule is C[C@@H]1O[C@@H]([C@H](O)CO)[C@H](O)[C@H]1O. The molecule has 1 aliphatic heterocycles. The van der Waals surface area contributed by atoms with Gasteiger partial charge in [-0.05, 0) is 6.92 Å². The van der Waals surface area contributed by atoms with E-state index in [-0.39, 0.29) is 0 Å². The average Bonchev–Trinajstić information content (AvgIpc) is 2.32. The van der Waals surface area contributed by atoms with Crippen LogP contribution in [0.2, 0.25) is 0 Å². The second kappa shape index (κ2) is 3.68. The van der Waals surface area contributed by atoms with E-state index in [0.29, 0.717) is 0 Å². The van der Waals surface area contributed by atoms with Crippen LogP contribution in [0.1, 0.15) is 6.92 Å². The molecule has 0 aliphatic carbocycles. The van der Waals surface area contributed by atoms with Gasteiger partial charge in [-0.3, -0.25) is 0 Å². The van der Waals surface area contributed by atoms with Crippen LogP contribution >= 0.6 is 0 Å². The average molecular weight is 178 g/mol. The normalized spacial score (nSPS) is 44.8. The lowest BCUT2D eigenvalue weighted by Crippen LogP contribution is -2.40. The van der Waals surface area contributed by atoms with Gasteiger partial charge < -0.3 is 25.2 Å². The maximum atomic E-state index is 9.28. The Kier molecular flexibility index (Phi) is 3.03. The van der Waals surface area contributed by atoms with Gasteiger partial charge in [0.2, 0.25) is 0 Å². The Hall–Kier alpha value is -0.200.